The van der Waals surface area contributed by atoms with Crippen molar-refractivity contribution >= 4 is 11.3 Å². The van der Waals surface area contributed by atoms with Gasteiger partial charge in [-0.1, -0.05) is 20.3 Å². The second-order valence-electron chi connectivity index (χ2n) is 3.89. The lowest BCUT2D eigenvalue weighted by Gasteiger charge is -2.09. The van der Waals surface area contributed by atoms with Crippen LogP contribution in [-0.4, -0.2) is 11.5 Å². The highest BCUT2D eigenvalue weighted by Gasteiger charge is 2.01. The van der Waals surface area contributed by atoms with Crippen molar-refractivity contribution in [2.75, 3.05) is 6.54 Å². The van der Waals surface area contributed by atoms with Gasteiger partial charge in [0.05, 0.1) is 0 Å². The molecule has 80 valence electrons. The lowest BCUT2D eigenvalue weighted by molar-refractivity contribution is 0.475. The molecule has 0 aliphatic rings. The summed E-state index contributed by atoms with van der Waals surface area (Å²) in [5, 5.41) is 4.65. The highest BCUT2D eigenvalue weighted by atomic mass is 32.1. The van der Waals surface area contributed by atoms with E-state index in [1.807, 2.05) is 6.20 Å². The fourth-order valence-corrected chi connectivity index (χ4v) is 2.26. The Balaban J connectivity index is 2.15. The van der Waals surface area contributed by atoms with Crippen LogP contribution in [0.3, 0.4) is 0 Å². The van der Waals surface area contributed by atoms with Gasteiger partial charge >= 0.3 is 0 Å². The molecule has 1 unspecified atom stereocenters. The van der Waals surface area contributed by atoms with Gasteiger partial charge in [0.15, 0.2) is 0 Å². The van der Waals surface area contributed by atoms with Gasteiger partial charge in [0.1, 0.15) is 5.01 Å². The van der Waals surface area contributed by atoms with E-state index in [0.29, 0.717) is 0 Å². The standard InChI is InChI=1S/C11H20N2S/c1-4-5-9(2)6-12-8-11-13-7-10(3)14-11/h7,9,12H,4-6,8H2,1-3H3. The second-order valence-corrected chi connectivity index (χ2v) is 5.21. The molecule has 1 N–H and O–H groups in total. The Labute approximate surface area is 90.8 Å². The second kappa shape index (κ2) is 6.14. The van der Waals surface area contributed by atoms with Gasteiger partial charge in [-0.05, 0) is 25.8 Å². The zero-order valence-corrected chi connectivity index (χ0v) is 10.2. The van der Waals surface area contributed by atoms with Crippen LogP contribution >= 0.6 is 11.3 Å². The van der Waals surface area contributed by atoms with Gasteiger partial charge in [-0.15, -0.1) is 11.3 Å². The van der Waals surface area contributed by atoms with Crippen LogP contribution in [0.15, 0.2) is 6.20 Å². The normalized spacial score (nSPS) is 13.1. The molecule has 0 aliphatic heterocycles. The molecule has 1 aromatic rings. The Morgan fingerprint density at radius 3 is 2.93 bits per heavy atom. The smallest absolute Gasteiger partial charge is 0.107 e. The van der Waals surface area contributed by atoms with Crippen LogP contribution in [0, 0.1) is 12.8 Å². The molecule has 0 amide bonds. The highest BCUT2D eigenvalue weighted by Crippen LogP contribution is 2.10. The number of aromatic nitrogens is 1. The molecule has 0 aromatic carbocycles. The van der Waals surface area contributed by atoms with Crippen LogP contribution in [0.2, 0.25) is 0 Å². The van der Waals surface area contributed by atoms with Crippen molar-refractivity contribution in [2.45, 2.75) is 40.2 Å². The van der Waals surface area contributed by atoms with Crippen molar-refractivity contribution < 1.29 is 0 Å². The quantitative estimate of drug-likeness (QED) is 0.784. The number of aryl methyl sites for hydroxylation is 1. The van der Waals surface area contributed by atoms with Gasteiger partial charge in [0.25, 0.3) is 0 Å². The van der Waals surface area contributed by atoms with E-state index in [-0.39, 0.29) is 0 Å². The van der Waals surface area contributed by atoms with E-state index in [4.69, 9.17) is 0 Å². The van der Waals surface area contributed by atoms with Gasteiger partial charge in [0.2, 0.25) is 0 Å². The van der Waals surface area contributed by atoms with Crippen LogP contribution in [0.1, 0.15) is 36.6 Å². The number of rotatable bonds is 6. The van der Waals surface area contributed by atoms with E-state index < -0.39 is 0 Å². The minimum atomic E-state index is 0.779. The van der Waals surface area contributed by atoms with Crippen LogP contribution in [-0.2, 0) is 6.54 Å². The van der Waals surface area contributed by atoms with Crippen LogP contribution in [0.4, 0.5) is 0 Å². The first-order valence-electron chi connectivity index (χ1n) is 5.34. The van der Waals surface area contributed by atoms with Gasteiger partial charge < -0.3 is 5.32 Å². The summed E-state index contributed by atoms with van der Waals surface area (Å²) < 4.78 is 0. The summed E-state index contributed by atoms with van der Waals surface area (Å²) in [5.41, 5.74) is 0. The Kier molecular flexibility index (Phi) is 5.12. The maximum Gasteiger partial charge on any atom is 0.107 e. The molecule has 1 heterocycles. The van der Waals surface area contributed by atoms with Gasteiger partial charge in [0, 0.05) is 17.6 Å². The van der Waals surface area contributed by atoms with Gasteiger partial charge in [-0.3, -0.25) is 0 Å². The summed E-state index contributed by atoms with van der Waals surface area (Å²) in [6.45, 7) is 8.66. The van der Waals surface area contributed by atoms with E-state index in [1.165, 1.54) is 22.7 Å². The SMILES string of the molecule is CCCC(C)CNCc1ncc(C)s1. The molecule has 2 nitrogen and oxygen atoms in total. The maximum absolute atomic E-state index is 4.31. The molecule has 0 saturated carbocycles. The number of nitrogens with zero attached hydrogens (tertiary/aromatic N) is 1. The van der Waals surface area contributed by atoms with Crippen molar-refractivity contribution in [3.05, 3.63) is 16.1 Å². The molecule has 1 rings (SSSR count). The average Bonchev–Trinajstić information content (AvgIpc) is 2.52. The molecule has 1 aromatic heterocycles. The van der Waals surface area contributed by atoms with Crippen molar-refractivity contribution in [3.63, 3.8) is 0 Å². The zero-order chi connectivity index (χ0) is 10.4. The third-order valence-corrected chi connectivity index (χ3v) is 3.13. The first-order valence-corrected chi connectivity index (χ1v) is 6.16. The molecule has 3 heteroatoms. The largest absolute Gasteiger partial charge is 0.310 e. The van der Waals surface area contributed by atoms with Crippen molar-refractivity contribution in [2.24, 2.45) is 5.92 Å². The van der Waals surface area contributed by atoms with Crippen LogP contribution < -0.4 is 5.32 Å². The summed E-state index contributed by atoms with van der Waals surface area (Å²) in [7, 11) is 0. The molecule has 14 heavy (non-hydrogen) atoms. The van der Waals surface area contributed by atoms with Crippen molar-refractivity contribution in [1.29, 1.82) is 0 Å². The molecule has 1 atom stereocenters. The lowest BCUT2D eigenvalue weighted by atomic mass is 10.1. The van der Waals surface area contributed by atoms with E-state index >= 15 is 0 Å². The van der Waals surface area contributed by atoms with E-state index in [1.54, 1.807) is 11.3 Å². The minimum Gasteiger partial charge on any atom is -0.310 e. The predicted molar refractivity (Wildman–Crippen MR) is 62.6 cm³/mol. The zero-order valence-electron chi connectivity index (χ0n) is 9.34. The molecule has 0 spiro atoms. The van der Waals surface area contributed by atoms with Gasteiger partial charge in [-0.2, -0.15) is 0 Å². The minimum absolute atomic E-state index is 0.779. The van der Waals surface area contributed by atoms with Gasteiger partial charge in [-0.25, -0.2) is 4.98 Å². The van der Waals surface area contributed by atoms with Crippen molar-refractivity contribution in [1.82, 2.24) is 10.3 Å². The fraction of sp³-hybridized carbons (Fsp3) is 0.727. The van der Waals surface area contributed by atoms with E-state index in [0.717, 1.165) is 19.0 Å². The summed E-state index contributed by atoms with van der Waals surface area (Å²) in [5.74, 6) is 0.779. The predicted octanol–water partition coefficient (Wildman–Crippen LogP) is 2.98. The highest BCUT2D eigenvalue weighted by molar-refractivity contribution is 7.11. The molecule has 0 bridgehead atoms. The van der Waals surface area contributed by atoms with E-state index in [9.17, 15) is 0 Å². The number of hydrogen-bond acceptors (Lipinski definition) is 3. The van der Waals surface area contributed by atoms with Crippen LogP contribution in [0.25, 0.3) is 0 Å². The third kappa shape index (κ3) is 4.20. The maximum atomic E-state index is 4.31. The molecule has 0 fully saturated rings. The summed E-state index contributed by atoms with van der Waals surface area (Å²) in [6.07, 6.45) is 4.53. The number of thiazole rings is 1. The molecular weight excluding hydrogens is 192 g/mol. The average molecular weight is 212 g/mol. The topological polar surface area (TPSA) is 24.9 Å². The Hall–Kier alpha value is -0.410. The van der Waals surface area contributed by atoms with E-state index in [2.05, 4.69) is 31.1 Å². The summed E-state index contributed by atoms with van der Waals surface area (Å²) in [6, 6.07) is 0. The summed E-state index contributed by atoms with van der Waals surface area (Å²) >= 11 is 1.78. The summed E-state index contributed by atoms with van der Waals surface area (Å²) in [4.78, 5) is 5.61. The molecule has 0 aliphatic carbocycles. The molecule has 0 saturated heterocycles. The Morgan fingerprint density at radius 1 is 1.57 bits per heavy atom. The monoisotopic (exact) mass is 212 g/mol. The van der Waals surface area contributed by atoms with Crippen LogP contribution in [0.5, 0.6) is 0 Å². The molecule has 0 radical (unpaired) electrons. The first kappa shape index (κ1) is 11.7. The number of nitrogens with one attached hydrogen (secondary N) is 1. The Morgan fingerprint density at radius 2 is 2.36 bits per heavy atom. The third-order valence-electron chi connectivity index (χ3n) is 2.22. The lowest BCUT2D eigenvalue weighted by Crippen LogP contribution is -2.20. The van der Waals surface area contributed by atoms with Crippen molar-refractivity contribution in [3.8, 4) is 0 Å². The first-order chi connectivity index (χ1) is 6.72. The fourth-order valence-electron chi connectivity index (χ4n) is 1.50. The number of hydrogen-bond donors (Lipinski definition) is 1. The molecular formula is C11H20N2S. The Bertz CT molecular complexity index is 258.